The van der Waals surface area contributed by atoms with E-state index in [-0.39, 0.29) is 5.91 Å². The number of hydrogen-bond acceptors (Lipinski definition) is 5. The van der Waals surface area contributed by atoms with Crippen LogP contribution in [-0.4, -0.2) is 49.5 Å². The van der Waals surface area contributed by atoms with Crippen LogP contribution >= 0.6 is 11.8 Å². The number of hydrogen-bond donors (Lipinski definition) is 1. The van der Waals surface area contributed by atoms with Crippen molar-refractivity contribution in [2.75, 3.05) is 37.9 Å². The number of carbonyl (C=O) groups is 1. The number of thioether (sulfide) groups is 1. The highest BCUT2D eigenvalue weighted by Crippen LogP contribution is 2.34. The molecule has 1 amide bonds. The van der Waals surface area contributed by atoms with Gasteiger partial charge >= 0.3 is 0 Å². The Bertz CT molecular complexity index is 1280. The number of amides is 1. The molecule has 3 aromatic rings. The number of nitrogens with zero attached hydrogens (tertiary/aromatic N) is 1. The van der Waals surface area contributed by atoms with Gasteiger partial charge < -0.3 is 14.8 Å². The van der Waals surface area contributed by atoms with Crippen LogP contribution in [0, 0.1) is 0 Å². The van der Waals surface area contributed by atoms with Crippen molar-refractivity contribution < 1.29 is 14.3 Å². The van der Waals surface area contributed by atoms with Crippen LogP contribution < -0.4 is 10.1 Å². The number of ether oxygens (including phenoxy) is 2. The van der Waals surface area contributed by atoms with Crippen molar-refractivity contribution in [3.63, 3.8) is 0 Å². The summed E-state index contributed by atoms with van der Waals surface area (Å²) in [4.78, 5) is 16.9. The molecule has 1 fully saturated rings. The minimum absolute atomic E-state index is 0.0293. The first-order valence-electron chi connectivity index (χ1n) is 14.0. The van der Waals surface area contributed by atoms with Gasteiger partial charge in [0, 0.05) is 47.7 Å². The maximum absolute atomic E-state index is 13.3. The van der Waals surface area contributed by atoms with E-state index in [9.17, 15) is 4.79 Å². The van der Waals surface area contributed by atoms with Gasteiger partial charge in [-0.25, -0.2) is 0 Å². The lowest BCUT2D eigenvalue weighted by molar-refractivity contribution is -0.112. The fourth-order valence-electron chi connectivity index (χ4n) is 5.09. The van der Waals surface area contributed by atoms with Gasteiger partial charge in [-0.15, -0.1) is 11.8 Å². The summed E-state index contributed by atoms with van der Waals surface area (Å²) in [5.74, 6) is 1.74. The Morgan fingerprint density at radius 2 is 1.77 bits per heavy atom. The molecule has 0 bridgehead atoms. The molecule has 204 valence electrons. The third kappa shape index (κ3) is 7.33. The highest BCUT2D eigenvalue weighted by atomic mass is 32.2. The molecule has 0 atom stereocenters. The molecule has 2 heterocycles. The van der Waals surface area contributed by atoms with Crippen molar-refractivity contribution in [1.29, 1.82) is 0 Å². The second-order valence-corrected chi connectivity index (χ2v) is 11.4. The summed E-state index contributed by atoms with van der Waals surface area (Å²) >= 11 is 1.81. The van der Waals surface area contributed by atoms with Crippen LogP contribution in [-0.2, 0) is 16.1 Å². The number of carbonyl (C=O) groups excluding carboxylic acids is 1. The van der Waals surface area contributed by atoms with E-state index in [1.807, 2.05) is 36.0 Å². The quantitative estimate of drug-likeness (QED) is 0.308. The average Bonchev–Trinajstić information content (AvgIpc) is 3.20. The first kappa shape index (κ1) is 27.5. The Morgan fingerprint density at radius 1 is 1.03 bits per heavy atom. The molecule has 3 aromatic carbocycles. The summed E-state index contributed by atoms with van der Waals surface area (Å²) in [7, 11) is 2.18. The molecule has 2 aliphatic heterocycles. The molecule has 0 spiro atoms. The molecule has 2 aliphatic rings. The van der Waals surface area contributed by atoms with Gasteiger partial charge in [-0.2, -0.15) is 0 Å². The second kappa shape index (κ2) is 13.3. The Kier molecular flexibility index (Phi) is 9.40. The molecule has 0 aliphatic carbocycles. The van der Waals surface area contributed by atoms with Crippen LogP contribution in [0.4, 0.5) is 5.69 Å². The number of rotatable bonds is 9. The van der Waals surface area contributed by atoms with Crippen LogP contribution in [0.1, 0.15) is 43.7 Å². The van der Waals surface area contributed by atoms with Crippen molar-refractivity contribution in [1.82, 2.24) is 4.90 Å². The summed E-state index contributed by atoms with van der Waals surface area (Å²) in [6.07, 6.45) is 5.96. The van der Waals surface area contributed by atoms with E-state index < -0.39 is 0 Å². The zero-order valence-electron chi connectivity index (χ0n) is 22.9. The predicted octanol–water partition coefficient (Wildman–Crippen LogP) is 7.27. The molecule has 5 rings (SSSR count). The average molecular weight is 543 g/mol. The topological polar surface area (TPSA) is 50.8 Å². The summed E-state index contributed by atoms with van der Waals surface area (Å²) in [6.45, 7) is 5.43. The lowest BCUT2D eigenvalue weighted by Crippen LogP contribution is -2.36. The van der Waals surface area contributed by atoms with Gasteiger partial charge in [0.15, 0.2) is 0 Å². The van der Waals surface area contributed by atoms with Gasteiger partial charge in [0.2, 0.25) is 0 Å². The van der Waals surface area contributed by atoms with Crippen LogP contribution in [0.15, 0.2) is 77.2 Å². The normalized spacial score (nSPS) is 15.8. The molecule has 1 N–H and O–H groups in total. The highest BCUT2D eigenvalue weighted by molar-refractivity contribution is 7.99. The fourth-order valence-corrected chi connectivity index (χ4v) is 6.08. The smallest absolute Gasteiger partial charge is 0.251 e. The van der Waals surface area contributed by atoms with Gasteiger partial charge in [0.05, 0.1) is 6.61 Å². The van der Waals surface area contributed by atoms with Gasteiger partial charge in [0.25, 0.3) is 5.91 Å². The number of anilines is 1. The van der Waals surface area contributed by atoms with E-state index in [2.05, 4.69) is 72.7 Å². The van der Waals surface area contributed by atoms with E-state index >= 15 is 0 Å². The third-order valence-electron chi connectivity index (χ3n) is 7.38. The SMILES string of the molecule is CCCOc1ccc(-c2ccc3c(c2)C=C(C(=O)Nc2ccc(CN(C)C4CCOCC4)cc2)CCS3)cc1. The van der Waals surface area contributed by atoms with Crippen molar-refractivity contribution in [3.8, 4) is 16.9 Å². The molecular formula is C33H38N2O3S. The lowest BCUT2D eigenvalue weighted by atomic mass is 10.0. The van der Waals surface area contributed by atoms with Gasteiger partial charge in [-0.05, 0) is 97.5 Å². The lowest BCUT2D eigenvalue weighted by Gasteiger charge is -2.31. The van der Waals surface area contributed by atoms with E-state index in [0.29, 0.717) is 6.04 Å². The minimum atomic E-state index is -0.0293. The second-order valence-electron chi connectivity index (χ2n) is 10.3. The molecule has 0 unspecified atom stereocenters. The van der Waals surface area contributed by atoms with E-state index in [1.54, 1.807) is 0 Å². The molecule has 6 heteroatoms. The first-order valence-corrected chi connectivity index (χ1v) is 15.0. The summed E-state index contributed by atoms with van der Waals surface area (Å²) in [6, 6.07) is 23.6. The maximum Gasteiger partial charge on any atom is 0.251 e. The molecule has 0 aromatic heterocycles. The van der Waals surface area contributed by atoms with Crippen LogP contribution in [0.2, 0.25) is 0 Å². The Hall–Kier alpha value is -3.06. The maximum atomic E-state index is 13.3. The zero-order chi connectivity index (χ0) is 27.0. The van der Waals surface area contributed by atoms with E-state index in [1.165, 1.54) is 10.5 Å². The molecule has 0 saturated carbocycles. The van der Waals surface area contributed by atoms with Crippen LogP contribution in [0.3, 0.4) is 0 Å². The van der Waals surface area contributed by atoms with Crippen molar-refractivity contribution in [3.05, 3.63) is 83.4 Å². The Morgan fingerprint density at radius 3 is 2.51 bits per heavy atom. The largest absolute Gasteiger partial charge is 0.494 e. The minimum Gasteiger partial charge on any atom is -0.494 e. The highest BCUT2D eigenvalue weighted by Gasteiger charge is 2.19. The number of nitrogens with one attached hydrogen (secondary N) is 1. The number of fused-ring (bicyclic) bond motifs is 1. The summed E-state index contributed by atoms with van der Waals surface area (Å²) < 4.78 is 11.2. The van der Waals surface area contributed by atoms with Crippen molar-refractivity contribution >= 4 is 29.4 Å². The van der Waals surface area contributed by atoms with E-state index in [0.717, 1.165) is 91.5 Å². The van der Waals surface area contributed by atoms with Gasteiger partial charge in [-0.1, -0.05) is 37.3 Å². The molecule has 1 saturated heterocycles. The van der Waals surface area contributed by atoms with Gasteiger partial charge in [-0.3, -0.25) is 9.69 Å². The predicted molar refractivity (Wildman–Crippen MR) is 161 cm³/mol. The standard InChI is InChI=1S/C33H38N2O3S/c1-3-17-38-31-11-6-25(7-12-31)26-8-13-32-28(21-26)22-27(16-20-39-32)33(36)34-29-9-4-24(5-10-29)23-35(2)30-14-18-37-19-15-30/h4-13,21-22,30H,3,14-20,23H2,1-2H3,(H,34,36). The molecule has 0 radical (unpaired) electrons. The van der Waals surface area contributed by atoms with Crippen molar-refractivity contribution in [2.45, 2.75) is 50.1 Å². The Balaban J connectivity index is 1.24. The summed E-state index contributed by atoms with van der Waals surface area (Å²) in [5, 5.41) is 3.12. The zero-order valence-corrected chi connectivity index (χ0v) is 23.8. The molecule has 5 nitrogen and oxygen atoms in total. The monoisotopic (exact) mass is 542 g/mol. The third-order valence-corrected chi connectivity index (χ3v) is 8.47. The molecule has 39 heavy (non-hydrogen) atoms. The van der Waals surface area contributed by atoms with Gasteiger partial charge in [0.1, 0.15) is 5.75 Å². The van der Waals surface area contributed by atoms with Crippen LogP contribution in [0.25, 0.3) is 17.2 Å². The number of benzene rings is 3. The molecular weight excluding hydrogens is 504 g/mol. The first-order chi connectivity index (χ1) is 19.1. The fraction of sp³-hybridized carbons (Fsp3) is 0.364. The summed E-state index contributed by atoms with van der Waals surface area (Å²) in [5.41, 5.74) is 6.25. The van der Waals surface area contributed by atoms with E-state index in [4.69, 9.17) is 9.47 Å². The Labute approximate surface area is 236 Å². The van der Waals surface area contributed by atoms with Crippen LogP contribution in [0.5, 0.6) is 5.75 Å². The van der Waals surface area contributed by atoms with Crippen molar-refractivity contribution in [2.24, 2.45) is 0 Å².